The largest absolute Gasteiger partial charge is 0.383 e. The molecule has 4 N–H and O–H groups in total. The Morgan fingerprint density at radius 3 is 2.47 bits per heavy atom. The molecule has 218 valence electrons. The van der Waals surface area contributed by atoms with Crippen LogP contribution in [0.2, 0.25) is 0 Å². The summed E-state index contributed by atoms with van der Waals surface area (Å²) < 4.78 is 14.9. The van der Waals surface area contributed by atoms with Crippen molar-refractivity contribution >= 4 is 34.3 Å². The molecule has 0 radical (unpaired) electrons. The van der Waals surface area contributed by atoms with Crippen molar-refractivity contribution in [3.8, 4) is 23.1 Å². The Balaban J connectivity index is 1.07. The first-order valence-corrected chi connectivity index (χ1v) is 15.1. The van der Waals surface area contributed by atoms with E-state index < -0.39 is 11.0 Å². The highest BCUT2D eigenvalue weighted by molar-refractivity contribution is 7.82. The average molecular weight is 594 g/mol. The van der Waals surface area contributed by atoms with Crippen LogP contribution >= 0.6 is 0 Å². The minimum absolute atomic E-state index is 0.0946. The third-order valence-electron chi connectivity index (χ3n) is 7.14. The summed E-state index contributed by atoms with van der Waals surface area (Å²) in [6, 6.07) is 14.8. The summed E-state index contributed by atoms with van der Waals surface area (Å²) in [5.41, 5.74) is 10.1. The fourth-order valence-electron chi connectivity index (χ4n) is 4.44. The maximum atomic E-state index is 12.9. The number of nitrogens with one attached hydrogen (secondary N) is 2. The molecule has 4 aromatic rings. The molecule has 2 fully saturated rings. The van der Waals surface area contributed by atoms with Crippen LogP contribution < -0.4 is 16.4 Å². The van der Waals surface area contributed by atoms with E-state index in [0.717, 1.165) is 50.3 Å². The number of carbonyl (C=O) groups excluding carboxylic acids is 1. The van der Waals surface area contributed by atoms with Crippen LogP contribution in [0.25, 0.3) is 11.3 Å². The first-order chi connectivity index (χ1) is 20.9. The average Bonchev–Trinajstić information content (AvgIpc) is 3.85. The molecule has 1 amide bonds. The van der Waals surface area contributed by atoms with Crippen molar-refractivity contribution in [1.82, 2.24) is 34.5 Å². The van der Waals surface area contributed by atoms with Gasteiger partial charge in [-0.1, -0.05) is 5.92 Å². The molecule has 1 aliphatic heterocycles. The van der Waals surface area contributed by atoms with Crippen LogP contribution in [0.5, 0.6) is 0 Å². The first kappa shape index (κ1) is 28.4. The van der Waals surface area contributed by atoms with Crippen LogP contribution in [0.1, 0.15) is 34.5 Å². The second-order valence-corrected chi connectivity index (χ2v) is 12.0. The molecular weight excluding hydrogens is 562 g/mol. The molecule has 12 heteroatoms. The van der Waals surface area contributed by atoms with Crippen molar-refractivity contribution in [2.24, 2.45) is 0 Å². The van der Waals surface area contributed by atoms with Crippen LogP contribution in [0.4, 0.5) is 17.5 Å². The lowest BCUT2D eigenvalue weighted by Crippen LogP contribution is -2.45. The van der Waals surface area contributed by atoms with Gasteiger partial charge in [0.05, 0.1) is 16.2 Å². The number of rotatable bonds is 7. The quantitative estimate of drug-likeness (QED) is 0.276. The molecule has 1 atom stereocenters. The lowest BCUT2D eigenvalue weighted by Gasteiger charge is -2.31. The van der Waals surface area contributed by atoms with Crippen LogP contribution in [0.3, 0.4) is 0 Å². The van der Waals surface area contributed by atoms with E-state index in [9.17, 15) is 9.00 Å². The Morgan fingerprint density at radius 1 is 0.977 bits per heavy atom. The van der Waals surface area contributed by atoms with Gasteiger partial charge >= 0.3 is 0 Å². The number of nitrogens with zero attached hydrogens (tertiary/aromatic N) is 6. The molecular formula is C31H31N9O2S. The molecule has 2 aliphatic rings. The summed E-state index contributed by atoms with van der Waals surface area (Å²) in [5, 5.41) is 6.13. The predicted octanol–water partition coefficient (Wildman–Crippen LogP) is 2.82. The number of nitrogen functional groups attached to an aromatic ring is 1. The Bertz CT molecular complexity index is 1710. The second-order valence-electron chi connectivity index (χ2n) is 10.5. The fourth-order valence-corrected chi connectivity index (χ4v) is 5.56. The normalized spacial score (nSPS) is 16.1. The minimum Gasteiger partial charge on any atom is -0.383 e. The molecule has 0 bridgehead atoms. The number of carbonyl (C=O) groups is 1. The monoisotopic (exact) mass is 593 g/mol. The Labute approximate surface area is 252 Å². The molecule has 3 aromatic heterocycles. The van der Waals surface area contributed by atoms with Gasteiger partial charge in [0.25, 0.3) is 5.91 Å². The number of amides is 1. The summed E-state index contributed by atoms with van der Waals surface area (Å²) in [6.07, 6.45) is 6.91. The van der Waals surface area contributed by atoms with E-state index in [1.807, 2.05) is 34.6 Å². The summed E-state index contributed by atoms with van der Waals surface area (Å²) in [4.78, 5) is 32.7. The van der Waals surface area contributed by atoms with Gasteiger partial charge in [0.15, 0.2) is 0 Å². The van der Waals surface area contributed by atoms with Gasteiger partial charge in [0, 0.05) is 67.6 Å². The Kier molecular flexibility index (Phi) is 8.37. The highest BCUT2D eigenvalue weighted by atomic mass is 32.2. The Morgan fingerprint density at radius 2 is 1.77 bits per heavy atom. The van der Waals surface area contributed by atoms with Gasteiger partial charge in [-0.25, -0.2) is 18.5 Å². The van der Waals surface area contributed by atoms with Gasteiger partial charge in [-0.05, 0) is 74.3 Å². The molecule has 6 rings (SSSR count). The second kappa shape index (κ2) is 12.7. The maximum Gasteiger partial charge on any atom is 0.251 e. The van der Waals surface area contributed by atoms with Crippen molar-refractivity contribution < 1.29 is 9.00 Å². The highest BCUT2D eigenvalue weighted by Gasteiger charge is 2.24. The van der Waals surface area contributed by atoms with Crippen molar-refractivity contribution in [2.45, 2.75) is 23.8 Å². The number of nitrogens with two attached hydrogens (primary N) is 1. The van der Waals surface area contributed by atoms with E-state index in [1.54, 1.807) is 36.8 Å². The molecule has 11 nitrogen and oxygen atoms in total. The van der Waals surface area contributed by atoms with Gasteiger partial charge in [0.2, 0.25) is 5.95 Å². The van der Waals surface area contributed by atoms with E-state index in [-0.39, 0.29) is 11.7 Å². The lowest BCUT2D eigenvalue weighted by atomic mass is 10.2. The summed E-state index contributed by atoms with van der Waals surface area (Å²) in [7, 11) is 0.814. The van der Waals surface area contributed by atoms with Crippen molar-refractivity contribution in [3.05, 3.63) is 83.9 Å². The van der Waals surface area contributed by atoms with Crippen LogP contribution in [-0.2, 0) is 11.0 Å². The third kappa shape index (κ3) is 7.21. The van der Waals surface area contributed by atoms with Gasteiger partial charge in [-0.2, -0.15) is 4.98 Å². The number of hydrogen-bond donors (Lipinski definition) is 3. The van der Waals surface area contributed by atoms with Crippen LogP contribution in [-0.4, -0.2) is 78.5 Å². The molecule has 1 aliphatic carbocycles. The van der Waals surface area contributed by atoms with Gasteiger partial charge < -0.3 is 21.3 Å². The third-order valence-corrected chi connectivity index (χ3v) is 8.62. The van der Waals surface area contributed by atoms with Crippen LogP contribution in [0, 0.1) is 11.8 Å². The summed E-state index contributed by atoms with van der Waals surface area (Å²) >= 11 is 0. The maximum absolute atomic E-state index is 12.9. The van der Waals surface area contributed by atoms with Crippen LogP contribution in [0.15, 0.2) is 72.0 Å². The zero-order valence-electron chi connectivity index (χ0n) is 23.7. The minimum atomic E-state index is -1.25. The summed E-state index contributed by atoms with van der Waals surface area (Å²) in [5.74, 6) is 6.63. The Hall–Kier alpha value is -4.70. The molecule has 1 saturated heterocycles. The lowest BCUT2D eigenvalue weighted by molar-refractivity contribution is 0.0951. The number of aromatic nitrogens is 4. The van der Waals surface area contributed by atoms with Gasteiger partial charge in [-0.15, -0.1) is 0 Å². The zero-order valence-corrected chi connectivity index (χ0v) is 24.5. The first-order valence-electron chi connectivity index (χ1n) is 14.0. The molecule has 1 aromatic carbocycles. The standard InChI is InChI=1S/C31H31N9O2S/c1-39-14-16-40(17-15-39)43(42)26-10-11-28(34-19-26)27-20-35-31(38-29(27)32)37-24-5-2-21(3-6-24)4-7-25-18-22(12-13-33-25)30(41)36-23-8-9-23/h2-3,5-6,10-13,18-20,23H,8-9,14-17H2,1H3,(H,36,41)(H3,32,35,37,38). The molecule has 1 saturated carbocycles. The SMILES string of the molecule is CN1CCN(S(=O)c2ccc(-c3cnc(Nc4ccc(C#Cc5cc(C(=O)NC6CC6)ccn5)cc4)nc3N)nc2)CC1. The molecule has 0 spiro atoms. The van der Waals surface area contributed by atoms with E-state index in [1.165, 1.54) is 0 Å². The van der Waals surface area contributed by atoms with E-state index >= 15 is 0 Å². The summed E-state index contributed by atoms with van der Waals surface area (Å²) in [6.45, 7) is 3.28. The molecule has 1 unspecified atom stereocenters. The highest BCUT2D eigenvalue weighted by Crippen LogP contribution is 2.25. The zero-order chi connectivity index (χ0) is 29.8. The number of pyridine rings is 2. The van der Waals surface area contributed by atoms with E-state index in [4.69, 9.17) is 5.73 Å². The predicted molar refractivity (Wildman–Crippen MR) is 166 cm³/mol. The topological polar surface area (TPSA) is 142 Å². The number of anilines is 3. The number of hydrogen-bond acceptors (Lipinski definition) is 9. The van der Waals surface area contributed by atoms with Gasteiger partial charge in [-0.3, -0.25) is 9.78 Å². The van der Waals surface area contributed by atoms with E-state index in [0.29, 0.717) is 39.4 Å². The smallest absolute Gasteiger partial charge is 0.251 e. The number of likely N-dealkylation sites (N-methyl/N-ethyl adjacent to an activating group) is 1. The molecule has 43 heavy (non-hydrogen) atoms. The fraction of sp³-hybridized carbons (Fsp3) is 0.258. The van der Waals surface area contributed by atoms with Crippen molar-refractivity contribution in [1.29, 1.82) is 0 Å². The van der Waals surface area contributed by atoms with Crippen molar-refractivity contribution in [2.75, 3.05) is 44.3 Å². The van der Waals surface area contributed by atoms with Gasteiger partial charge in [0.1, 0.15) is 22.5 Å². The van der Waals surface area contributed by atoms with Crippen molar-refractivity contribution in [3.63, 3.8) is 0 Å². The number of piperazine rings is 1. The molecule has 4 heterocycles. The number of benzene rings is 1. The van der Waals surface area contributed by atoms with E-state index in [2.05, 4.69) is 54.4 Å².